The summed E-state index contributed by atoms with van der Waals surface area (Å²) in [5, 5.41) is 15.4. The SMILES string of the molecule is Cc1cc(-c2nn3c(-c4cccc(Br)c4)nnc3s2)c2ccccc2n1. The average molecular weight is 422 g/mol. The lowest BCUT2D eigenvalue weighted by atomic mass is 10.1. The summed E-state index contributed by atoms with van der Waals surface area (Å²) in [5.74, 6) is 0.735. The Morgan fingerprint density at radius 1 is 1.00 bits per heavy atom. The van der Waals surface area contributed by atoms with Crippen LogP contribution in [0.25, 0.3) is 37.8 Å². The van der Waals surface area contributed by atoms with Crippen molar-refractivity contribution in [3.05, 3.63) is 64.8 Å². The highest BCUT2D eigenvalue weighted by molar-refractivity contribution is 9.10. The molecule has 0 spiro atoms. The van der Waals surface area contributed by atoms with E-state index in [2.05, 4.69) is 43.2 Å². The summed E-state index contributed by atoms with van der Waals surface area (Å²) in [7, 11) is 0. The minimum absolute atomic E-state index is 0.735. The van der Waals surface area contributed by atoms with Crippen LogP contribution in [0.4, 0.5) is 0 Å². The largest absolute Gasteiger partial charge is 0.253 e. The van der Waals surface area contributed by atoms with Gasteiger partial charge in [0.15, 0.2) is 5.82 Å². The standard InChI is InChI=1S/C19H12BrN5S/c1-11-9-15(14-7-2-3-8-16(14)21-11)18-24-25-17(22-23-19(25)26-18)12-5-4-6-13(20)10-12/h2-10H,1H3. The molecule has 0 fully saturated rings. The third-order valence-corrected chi connectivity index (χ3v) is 5.57. The van der Waals surface area contributed by atoms with Crippen LogP contribution in [-0.4, -0.2) is 24.8 Å². The molecule has 0 unspecified atom stereocenters. The molecule has 3 heterocycles. The van der Waals surface area contributed by atoms with Gasteiger partial charge >= 0.3 is 0 Å². The third-order valence-electron chi connectivity index (χ3n) is 4.15. The van der Waals surface area contributed by atoms with Gasteiger partial charge in [-0.25, -0.2) is 0 Å². The first-order valence-electron chi connectivity index (χ1n) is 8.04. The summed E-state index contributed by atoms with van der Waals surface area (Å²) in [5.41, 5.74) is 3.99. The van der Waals surface area contributed by atoms with Crippen molar-refractivity contribution >= 4 is 43.1 Å². The van der Waals surface area contributed by atoms with Gasteiger partial charge in [0.25, 0.3) is 0 Å². The van der Waals surface area contributed by atoms with Gasteiger partial charge in [-0.2, -0.15) is 9.61 Å². The summed E-state index contributed by atoms with van der Waals surface area (Å²) in [6, 6.07) is 18.2. The number of aromatic nitrogens is 5. The van der Waals surface area contributed by atoms with E-state index < -0.39 is 0 Å². The number of fused-ring (bicyclic) bond motifs is 2. The number of hydrogen-bond donors (Lipinski definition) is 0. The summed E-state index contributed by atoms with van der Waals surface area (Å²) in [4.78, 5) is 5.39. The van der Waals surface area contributed by atoms with E-state index in [1.54, 1.807) is 0 Å². The molecule has 0 aliphatic carbocycles. The second kappa shape index (κ2) is 5.96. The van der Waals surface area contributed by atoms with Crippen LogP contribution >= 0.6 is 27.3 Å². The van der Waals surface area contributed by atoms with Crippen LogP contribution in [0.1, 0.15) is 5.69 Å². The smallest absolute Gasteiger partial charge is 0.235 e. The number of aryl methyl sites for hydroxylation is 1. The number of hydrogen-bond acceptors (Lipinski definition) is 5. The molecule has 0 bridgehead atoms. The second-order valence-corrected chi connectivity index (χ2v) is 7.84. The van der Waals surface area contributed by atoms with E-state index in [0.29, 0.717) is 0 Å². The Morgan fingerprint density at radius 2 is 1.88 bits per heavy atom. The zero-order valence-corrected chi connectivity index (χ0v) is 16.1. The Labute approximate surface area is 161 Å². The van der Waals surface area contributed by atoms with Gasteiger partial charge in [-0.1, -0.05) is 57.6 Å². The van der Waals surface area contributed by atoms with Crippen LogP contribution in [0.15, 0.2) is 59.1 Å². The number of rotatable bonds is 2. The lowest BCUT2D eigenvalue weighted by Crippen LogP contribution is -1.92. The van der Waals surface area contributed by atoms with Crippen LogP contribution in [-0.2, 0) is 0 Å². The maximum Gasteiger partial charge on any atom is 0.235 e. The molecule has 26 heavy (non-hydrogen) atoms. The first kappa shape index (κ1) is 15.6. The molecule has 7 heteroatoms. The topological polar surface area (TPSA) is 56.0 Å². The maximum atomic E-state index is 4.81. The van der Waals surface area contributed by atoms with E-state index >= 15 is 0 Å². The van der Waals surface area contributed by atoms with Gasteiger partial charge in [0.2, 0.25) is 4.96 Å². The summed E-state index contributed by atoms with van der Waals surface area (Å²) in [6.45, 7) is 2.00. The predicted octanol–water partition coefficient (Wildman–Crippen LogP) is 5.14. The Hall–Kier alpha value is -2.64. The monoisotopic (exact) mass is 421 g/mol. The molecule has 0 aliphatic rings. The molecular weight excluding hydrogens is 410 g/mol. The van der Waals surface area contributed by atoms with Crippen molar-refractivity contribution in [2.75, 3.05) is 0 Å². The quantitative estimate of drug-likeness (QED) is 0.395. The van der Waals surface area contributed by atoms with E-state index in [-0.39, 0.29) is 0 Å². The molecule has 3 aromatic heterocycles. The van der Waals surface area contributed by atoms with E-state index in [1.807, 2.05) is 53.9 Å². The molecule has 0 aliphatic heterocycles. The number of benzene rings is 2. The number of halogens is 1. The van der Waals surface area contributed by atoms with Crippen LogP contribution in [0.3, 0.4) is 0 Å². The van der Waals surface area contributed by atoms with E-state index in [9.17, 15) is 0 Å². The molecule has 0 radical (unpaired) electrons. The van der Waals surface area contributed by atoms with E-state index in [4.69, 9.17) is 5.10 Å². The molecule has 0 saturated carbocycles. The first-order chi connectivity index (χ1) is 12.7. The normalized spacial score (nSPS) is 11.5. The maximum absolute atomic E-state index is 4.81. The van der Waals surface area contributed by atoms with Crippen LogP contribution in [0.2, 0.25) is 0 Å². The molecule has 5 nitrogen and oxygen atoms in total. The van der Waals surface area contributed by atoms with Gasteiger partial charge in [-0.3, -0.25) is 4.98 Å². The van der Waals surface area contributed by atoms with E-state index in [1.165, 1.54) is 11.3 Å². The van der Waals surface area contributed by atoms with Crippen molar-refractivity contribution in [3.63, 3.8) is 0 Å². The zero-order valence-electron chi connectivity index (χ0n) is 13.7. The Kier molecular flexibility index (Phi) is 3.58. The Bertz CT molecular complexity index is 1270. The molecule has 5 rings (SSSR count). The predicted molar refractivity (Wildman–Crippen MR) is 107 cm³/mol. The van der Waals surface area contributed by atoms with Gasteiger partial charge in [0.05, 0.1) is 5.52 Å². The summed E-state index contributed by atoms with van der Waals surface area (Å²) in [6.07, 6.45) is 0. The molecule has 5 aromatic rings. The first-order valence-corrected chi connectivity index (χ1v) is 9.65. The summed E-state index contributed by atoms with van der Waals surface area (Å²) >= 11 is 5.04. The number of para-hydroxylation sites is 1. The van der Waals surface area contributed by atoms with Crippen molar-refractivity contribution < 1.29 is 0 Å². The van der Waals surface area contributed by atoms with Crippen molar-refractivity contribution in [3.8, 4) is 22.0 Å². The molecule has 0 saturated heterocycles. The number of pyridine rings is 1. The van der Waals surface area contributed by atoms with Crippen molar-refractivity contribution in [1.82, 2.24) is 24.8 Å². The molecule has 2 aromatic carbocycles. The molecular formula is C19H12BrN5S. The lowest BCUT2D eigenvalue weighted by Gasteiger charge is -2.04. The molecule has 0 atom stereocenters. The Balaban J connectivity index is 1.73. The number of nitrogens with zero attached hydrogens (tertiary/aromatic N) is 5. The van der Waals surface area contributed by atoms with Crippen LogP contribution in [0, 0.1) is 6.92 Å². The molecule has 126 valence electrons. The van der Waals surface area contributed by atoms with Gasteiger partial charge in [-0.05, 0) is 31.2 Å². The van der Waals surface area contributed by atoms with Crippen LogP contribution < -0.4 is 0 Å². The average Bonchev–Trinajstić information content (AvgIpc) is 3.21. The van der Waals surface area contributed by atoms with Crippen molar-refractivity contribution in [1.29, 1.82) is 0 Å². The minimum atomic E-state index is 0.735. The molecule has 0 amide bonds. The van der Waals surface area contributed by atoms with Gasteiger partial charge in [0.1, 0.15) is 5.01 Å². The van der Waals surface area contributed by atoms with Gasteiger partial charge < -0.3 is 0 Å². The fourth-order valence-electron chi connectivity index (χ4n) is 3.02. The van der Waals surface area contributed by atoms with E-state index in [0.717, 1.165) is 48.0 Å². The van der Waals surface area contributed by atoms with Crippen LogP contribution in [0.5, 0.6) is 0 Å². The highest BCUT2D eigenvalue weighted by Gasteiger charge is 2.16. The minimum Gasteiger partial charge on any atom is -0.253 e. The zero-order chi connectivity index (χ0) is 17.7. The highest BCUT2D eigenvalue weighted by Crippen LogP contribution is 2.33. The lowest BCUT2D eigenvalue weighted by molar-refractivity contribution is 0.970. The molecule has 0 N–H and O–H groups in total. The Morgan fingerprint density at radius 3 is 2.77 bits per heavy atom. The highest BCUT2D eigenvalue weighted by atomic mass is 79.9. The second-order valence-electron chi connectivity index (χ2n) is 5.96. The van der Waals surface area contributed by atoms with Gasteiger partial charge in [-0.15, -0.1) is 10.2 Å². The fraction of sp³-hybridized carbons (Fsp3) is 0.0526. The van der Waals surface area contributed by atoms with Crippen molar-refractivity contribution in [2.45, 2.75) is 6.92 Å². The van der Waals surface area contributed by atoms with Gasteiger partial charge in [0, 0.05) is 26.7 Å². The third kappa shape index (κ3) is 2.51. The van der Waals surface area contributed by atoms with Crippen molar-refractivity contribution in [2.24, 2.45) is 0 Å². The fourth-order valence-corrected chi connectivity index (χ4v) is 4.29. The summed E-state index contributed by atoms with van der Waals surface area (Å²) < 4.78 is 2.81.